The van der Waals surface area contributed by atoms with E-state index in [1.807, 2.05) is 0 Å². The number of carbonyl (C=O) groups is 1. The minimum atomic E-state index is -0.562. The molecule has 0 fully saturated rings. The van der Waals surface area contributed by atoms with E-state index >= 15 is 0 Å². The Bertz CT molecular complexity index is 50.9. The number of hydrogen-bond acceptors (Lipinski definition) is 3. The Labute approximate surface area is 82.1 Å². The van der Waals surface area contributed by atoms with Gasteiger partial charge in [0.25, 0.3) is 0 Å². The summed E-state index contributed by atoms with van der Waals surface area (Å²) in [4.78, 5) is 9.73. The quantitative estimate of drug-likeness (QED) is 0.652. The molecule has 0 aliphatic carbocycles. The third-order valence-electron chi connectivity index (χ3n) is 0.243. The maximum atomic E-state index is 9.73. The van der Waals surface area contributed by atoms with Crippen molar-refractivity contribution in [3.63, 3.8) is 0 Å². The molecule has 0 unspecified atom stereocenters. The first kappa shape index (κ1) is 11.2. The molecule has 1 radical (unpaired) electrons. The van der Waals surface area contributed by atoms with Gasteiger partial charge in [-0.05, 0) is 0 Å². The summed E-state index contributed by atoms with van der Waals surface area (Å²) >= 11 is 0.671. The van der Waals surface area contributed by atoms with Crippen LogP contribution in [-0.4, -0.2) is 17.7 Å². The molecule has 0 aromatic rings. The monoisotopic (exact) mass is 254 g/mol. The summed E-state index contributed by atoms with van der Waals surface area (Å²) in [6.45, 7) is -0.509. The predicted octanol–water partition coefficient (Wildman–Crippen LogP) is -1.02. The zero-order valence-electron chi connectivity index (χ0n) is 3.55. The molecule has 0 saturated carbocycles. The van der Waals surface area contributed by atoms with E-state index in [0.717, 1.165) is 0 Å². The number of aliphatic hydroxyl groups excluding tert-OH is 1. The summed E-state index contributed by atoms with van der Waals surface area (Å²) in [6.07, 6.45) is 0. The molecule has 0 aliphatic heterocycles. The third kappa shape index (κ3) is 7.42. The molecule has 0 saturated heterocycles. The second-order valence-electron chi connectivity index (χ2n) is 0.632. The molecule has 0 aromatic heterocycles. The van der Waals surface area contributed by atoms with E-state index < -0.39 is 12.6 Å². The van der Waals surface area contributed by atoms with Gasteiger partial charge in [-0.2, -0.15) is 0 Å². The van der Waals surface area contributed by atoms with Crippen LogP contribution in [0.1, 0.15) is 0 Å². The second kappa shape index (κ2) is 7.42. The van der Waals surface area contributed by atoms with E-state index in [4.69, 9.17) is 5.11 Å². The minimum Gasteiger partial charge on any atom is 0 e. The van der Waals surface area contributed by atoms with Gasteiger partial charge in [0.1, 0.15) is 0 Å². The molecule has 36 valence electrons. The molecule has 0 bridgehead atoms. The zero-order chi connectivity index (χ0) is 4.99. The van der Waals surface area contributed by atoms with Gasteiger partial charge in [0, 0.05) is 32.7 Å². The topological polar surface area (TPSA) is 46.5 Å². The molecule has 0 atom stereocenters. The summed E-state index contributed by atoms with van der Waals surface area (Å²) in [5.74, 6) is -0.562. The summed E-state index contributed by atoms with van der Waals surface area (Å²) in [5.41, 5.74) is 0. The maximum Gasteiger partial charge on any atom is 0 e. The van der Waals surface area contributed by atoms with Crippen molar-refractivity contribution >= 4 is 5.97 Å². The standard InChI is InChI=1S/C2H4O3.Y.Zr/c3-1-2(4)5;;/h3H,1H2,(H,4,5);;/q;;+1/p-1. The Hall–Kier alpha value is 1.42. The summed E-state index contributed by atoms with van der Waals surface area (Å²) < 4.78 is 4.10. The van der Waals surface area contributed by atoms with Gasteiger partial charge < -0.3 is 0 Å². The molecule has 0 heterocycles. The molecular formula is C2H3O3YZr. The van der Waals surface area contributed by atoms with Crippen molar-refractivity contribution in [3.8, 4) is 0 Å². The fourth-order valence-electron chi connectivity index (χ4n) is 0.0323. The SMILES string of the molecule is O=C(CO)[O][Zr].[Y]. The Kier molecular flexibility index (Phi) is 11.9. The van der Waals surface area contributed by atoms with Crippen LogP contribution in [0.15, 0.2) is 0 Å². The van der Waals surface area contributed by atoms with Gasteiger partial charge in [0.05, 0.1) is 0 Å². The summed E-state index contributed by atoms with van der Waals surface area (Å²) in [5, 5.41) is 7.87. The van der Waals surface area contributed by atoms with Gasteiger partial charge in [-0.15, -0.1) is 0 Å². The van der Waals surface area contributed by atoms with Crippen molar-refractivity contribution in [2.75, 3.05) is 6.61 Å². The van der Waals surface area contributed by atoms with Gasteiger partial charge in [-0.3, -0.25) is 0 Å². The van der Waals surface area contributed by atoms with E-state index in [-0.39, 0.29) is 32.7 Å². The summed E-state index contributed by atoms with van der Waals surface area (Å²) in [6, 6.07) is 0. The average molecular weight is 255 g/mol. The largest absolute Gasteiger partial charge is 0 e. The van der Waals surface area contributed by atoms with E-state index in [1.54, 1.807) is 0 Å². The van der Waals surface area contributed by atoms with Gasteiger partial charge in [0.15, 0.2) is 0 Å². The normalized spacial score (nSPS) is 6.29. The van der Waals surface area contributed by atoms with E-state index in [1.165, 1.54) is 0 Å². The van der Waals surface area contributed by atoms with E-state index in [0.29, 0.717) is 25.2 Å². The molecule has 0 aliphatic rings. The van der Waals surface area contributed by atoms with Crippen LogP contribution >= 0.6 is 0 Å². The van der Waals surface area contributed by atoms with Crippen LogP contribution < -0.4 is 0 Å². The van der Waals surface area contributed by atoms with Crippen molar-refractivity contribution in [3.05, 3.63) is 0 Å². The second-order valence-corrected chi connectivity index (χ2v) is 1.13. The van der Waals surface area contributed by atoms with Crippen LogP contribution in [0.3, 0.4) is 0 Å². The first-order valence-corrected chi connectivity index (χ1v) is 2.29. The van der Waals surface area contributed by atoms with Crippen molar-refractivity contribution < 1.29 is 70.6 Å². The molecule has 7 heavy (non-hydrogen) atoms. The first-order chi connectivity index (χ1) is 2.81. The maximum absolute atomic E-state index is 9.73. The third-order valence-corrected chi connectivity index (χ3v) is 0.803. The zero-order valence-corrected chi connectivity index (χ0v) is 8.84. The molecule has 1 N–H and O–H groups in total. The van der Waals surface area contributed by atoms with Crippen LogP contribution in [0.25, 0.3) is 0 Å². The molecule has 0 rings (SSSR count). The molecule has 3 nitrogen and oxygen atoms in total. The Morgan fingerprint density at radius 2 is 2.29 bits per heavy atom. The smallest absolute Gasteiger partial charge is 0 e. The molecule has 0 spiro atoms. The van der Waals surface area contributed by atoms with Gasteiger partial charge >= 0.3 is 50.4 Å². The molecule has 0 aromatic carbocycles. The Balaban J connectivity index is 0. The van der Waals surface area contributed by atoms with Crippen LogP contribution in [0.5, 0.6) is 0 Å². The Morgan fingerprint density at radius 3 is 2.29 bits per heavy atom. The van der Waals surface area contributed by atoms with Crippen LogP contribution in [0.4, 0.5) is 0 Å². The minimum absolute atomic E-state index is 0. The predicted molar refractivity (Wildman–Crippen MR) is 13.2 cm³/mol. The number of carbonyl (C=O) groups excluding carboxylic acids is 1. The van der Waals surface area contributed by atoms with E-state index in [9.17, 15) is 4.79 Å². The van der Waals surface area contributed by atoms with Crippen molar-refractivity contribution in [1.29, 1.82) is 0 Å². The molecule has 0 amide bonds. The van der Waals surface area contributed by atoms with E-state index in [2.05, 4.69) is 2.81 Å². The molecular weight excluding hydrogens is 252 g/mol. The Morgan fingerprint density at radius 1 is 1.86 bits per heavy atom. The van der Waals surface area contributed by atoms with Gasteiger partial charge in [-0.1, -0.05) is 0 Å². The number of aliphatic hydroxyl groups is 1. The van der Waals surface area contributed by atoms with Gasteiger partial charge in [-0.25, -0.2) is 0 Å². The average Bonchev–Trinajstić information content (AvgIpc) is 1.65. The van der Waals surface area contributed by atoms with Crippen molar-refractivity contribution in [2.24, 2.45) is 0 Å². The fraction of sp³-hybridized carbons (Fsp3) is 0.500. The van der Waals surface area contributed by atoms with Crippen LogP contribution in [-0.2, 0) is 65.5 Å². The van der Waals surface area contributed by atoms with Crippen molar-refractivity contribution in [2.45, 2.75) is 0 Å². The summed E-state index contributed by atoms with van der Waals surface area (Å²) in [7, 11) is 0. The number of hydrogen-bond donors (Lipinski definition) is 1. The molecule has 5 heteroatoms. The van der Waals surface area contributed by atoms with Crippen LogP contribution in [0, 0.1) is 0 Å². The van der Waals surface area contributed by atoms with Crippen LogP contribution in [0.2, 0.25) is 0 Å². The van der Waals surface area contributed by atoms with Gasteiger partial charge in [0.2, 0.25) is 0 Å². The first-order valence-electron chi connectivity index (χ1n) is 1.28. The van der Waals surface area contributed by atoms with Crippen molar-refractivity contribution in [1.82, 2.24) is 0 Å². The number of rotatable bonds is 1. The fourth-order valence-corrected chi connectivity index (χ4v) is 0.191.